The largest absolute Gasteiger partial charge is 0.380 e. The molecule has 0 spiro atoms. The van der Waals surface area contributed by atoms with Crippen molar-refractivity contribution < 1.29 is 13.2 Å². The van der Waals surface area contributed by atoms with E-state index in [9.17, 15) is 8.42 Å². The standard InChI is InChI=1S/C14H17NO3S2/c1-10-8-14(11(2)19-10)20(16,17)15-13-7-5-4-6-12(13)9-18-3/h4-8,15H,9H2,1-3H3. The molecule has 0 bridgehead atoms. The highest BCUT2D eigenvalue weighted by Gasteiger charge is 2.20. The topological polar surface area (TPSA) is 55.4 Å². The first-order valence-corrected chi connectivity index (χ1v) is 8.40. The molecule has 0 atom stereocenters. The fourth-order valence-electron chi connectivity index (χ4n) is 1.98. The number of nitrogens with one attached hydrogen (secondary N) is 1. The van der Waals surface area contributed by atoms with Crippen LogP contribution in [0.1, 0.15) is 15.3 Å². The maximum atomic E-state index is 12.4. The first kappa shape index (κ1) is 15.0. The molecule has 0 unspecified atom stereocenters. The van der Waals surface area contributed by atoms with Crippen molar-refractivity contribution >= 4 is 27.0 Å². The third kappa shape index (κ3) is 3.20. The molecule has 0 aliphatic rings. The molecule has 2 rings (SSSR count). The molecule has 1 aromatic carbocycles. The number of hydrogen-bond donors (Lipinski definition) is 1. The molecule has 0 radical (unpaired) electrons. The Balaban J connectivity index is 2.36. The van der Waals surface area contributed by atoms with Crippen LogP contribution in [0.25, 0.3) is 0 Å². The van der Waals surface area contributed by atoms with Crippen molar-refractivity contribution in [2.45, 2.75) is 25.3 Å². The Kier molecular flexibility index (Phi) is 4.47. The monoisotopic (exact) mass is 311 g/mol. The number of benzene rings is 1. The third-order valence-corrected chi connectivity index (χ3v) is 5.43. The summed E-state index contributed by atoms with van der Waals surface area (Å²) in [5.41, 5.74) is 1.36. The summed E-state index contributed by atoms with van der Waals surface area (Å²) in [6.07, 6.45) is 0. The molecule has 1 aromatic heterocycles. The van der Waals surface area contributed by atoms with Gasteiger partial charge in [-0.05, 0) is 26.0 Å². The van der Waals surface area contributed by atoms with E-state index in [1.165, 1.54) is 11.3 Å². The van der Waals surface area contributed by atoms with Gasteiger partial charge in [0.2, 0.25) is 0 Å². The quantitative estimate of drug-likeness (QED) is 0.921. The van der Waals surface area contributed by atoms with Crippen LogP contribution in [0.2, 0.25) is 0 Å². The number of aryl methyl sites for hydroxylation is 2. The van der Waals surface area contributed by atoms with E-state index in [1.54, 1.807) is 25.3 Å². The number of sulfonamides is 1. The van der Waals surface area contributed by atoms with Gasteiger partial charge in [0.25, 0.3) is 10.0 Å². The first-order valence-electron chi connectivity index (χ1n) is 6.11. The average molecular weight is 311 g/mol. The summed E-state index contributed by atoms with van der Waals surface area (Å²) in [5, 5.41) is 0. The minimum atomic E-state index is -3.56. The molecular weight excluding hydrogens is 294 g/mol. The number of thiophene rings is 1. The molecule has 0 aliphatic heterocycles. The van der Waals surface area contributed by atoms with E-state index < -0.39 is 10.0 Å². The van der Waals surface area contributed by atoms with Crippen molar-refractivity contribution in [2.75, 3.05) is 11.8 Å². The molecule has 0 saturated heterocycles. The zero-order chi connectivity index (χ0) is 14.8. The first-order chi connectivity index (χ1) is 9.44. The van der Waals surface area contributed by atoms with Crippen molar-refractivity contribution in [3.8, 4) is 0 Å². The van der Waals surface area contributed by atoms with Gasteiger partial charge in [0.15, 0.2) is 0 Å². The average Bonchev–Trinajstić information content (AvgIpc) is 2.72. The van der Waals surface area contributed by atoms with Gasteiger partial charge in [0.05, 0.1) is 12.3 Å². The maximum Gasteiger partial charge on any atom is 0.263 e. The van der Waals surface area contributed by atoms with Crippen molar-refractivity contribution in [1.29, 1.82) is 0 Å². The van der Waals surface area contributed by atoms with Crippen LogP contribution in [0.3, 0.4) is 0 Å². The SMILES string of the molecule is COCc1ccccc1NS(=O)(=O)c1cc(C)sc1C. The van der Waals surface area contributed by atoms with Crippen molar-refractivity contribution in [1.82, 2.24) is 0 Å². The lowest BCUT2D eigenvalue weighted by Crippen LogP contribution is -2.14. The lowest BCUT2D eigenvalue weighted by atomic mass is 10.2. The highest BCUT2D eigenvalue weighted by Crippen LogP contribution is 2.27. The van der Waals surface area contributed by atoms with Gasteiger partial charge in [0, 0.05) is 22.4 Å². The highest BCUT2D eigenvalue weighted by molar-refractivity contribution is 7.93. The Morgan fingerprint density at radius 1 is 1.25 bits per heavy atom. The fourth-order valence-corrected chi connectivity index (χ4v) is 4.63. The zero-order valence-electron chi connectivity index (χ0n) is 11.6. The molecule has 108 valence electrons. The van der Waals surface area contributed by atoms with Crippen LogP contribution in [0.5, 0.6) is 0 Å². The second-order valence-electron chi connectivity index (χ2n) is 4.47. The molecule has 1 heterocycles. The van der Waals surface area contributed by atoms with E-state index in [1.807, 2.05) is 26.0 Å². The number of hydrogen-bond acceptors (Lipinski definition) is 4. The lowest BCUT2D eigenvalue weighted by Gasteiger charge is -2.11. The zero-order valence-corrected chi connectivity index (χ0v) is 13.3. The molecule has 1 N–H and O–H groups in total. The summed E-state index contributed by atoms with van der Waals surface area (Å²) in [6.45, 7) is 4.07. The van der Waals surface area contributed by atoms with Gasteiger partial charge in [-0.15, -0.1) is 11.3 Å². The molecule has 0 aliphatic carbocycles. The number of anilines is 1. The van der Waals surface area contributed by atoms with Gasteiger partial charge in [-0.25, -0.2) is 8.42 Å². The van der Waals surface area contributed by atoms with E-state index in [0.29, 0.717) is 17.2 Å². The van der Waals surface area contributed by atoms with Crippen LogP contribution < -0.4 is 4.72 Å². The van der Waals surface area contributed by atoms with Crippen molar-refractivity contribution in [3.63, 3.8) is 0 Å². The summed E-state index contributed by atoms with van der Waals surface area (Å²) >= 11 is 1.48. The van der Waals surface area contributed by atoms with Gasteiger partial charge < -0.3 is 4.74 Å². The van der Waals surface area contributed by atoms with E-state index in [-0.39, 0.29) is 0 Å². The van der Waals surface area contributed by atoms with E-state index in [2.05, 4.69) is 4.72 Å². The van der Waals surface area contributed by atoms with Gasteiger partial charge >= 0.3 is 0 Å². The molecule has 0 saturated carbocycles. The number of rotatable bonds is 5. The molecule has 0 amide bonds. The smallest absolute Gasteiger partial charge is 0.263 e. The minimum absolute atomic E-state index is 0.340. The second kappa shape index (κ2) is 5.95. The van der Waals surface area contributed by atoms with Gasteiger partial charge in [-0.3, -0.25) is 4.72 Å². The Bertz CT molecular complexity index is 705. The van der Waals surface area contributed by atoms with Crippen LogP contribution in [0.15, 0.2) is 35.2 Å². The molecule has 6 heteroatoms. The molecule has 2 aromatic rings. The van der Waals surface area contributed by atoms with Crippen LogP contribution >= 0.6 is 11.3 Å². The Hall–Kier alpha value is -1.37. The maximum absolute atomic E-state index is 12.4. The molecule has 20 heavy (non-hydrogen) atoms. The van der Waals surface area contributed by atoms with E-state index in [0.717, 1.165) is 15.3 Å². The van der Waals surface area contributed by atoms with Crippen LogP contribution in [-0.2, 0) is 21.4 Å². The van der Waals surface area contributed by atoms with Gasteiger partial charge in [-0.2, -0.15) is 0 Å². The lowest BCUT2D eigenvalue weighted by molar-refractivity contribution is 0.185. The summed E-state index contributed by atoms with van der Waals surface area (Å²) < 4.78 is 32.6. The summed E-state index contributed by atoms with van der Waals surface area (Å²) in [4.78, 5) is 2.11. The summed E-state index contributed by atoms with van der Waals surface area (Å²) in [5.74, 6) is 0. The number of methoxy groups -OCH3 is 1. The summed E-state index contributed by atoms with van der Waals surface area (Å²) in [7, 11) is -1.98. The normalized spacial score (nSPS) is 11.6. The predicted octanol–water partition coefficient (Wildman–Crippen LogP) is 3.31. The van der Waals surface area contributed by atoms with E-state index >= 15 is 0 Å². The third-order valence-electron chi connectivity index (χ3n) is 2.85. The summed E-state index contributed by atoms with van der Waals surface area (Å²) in [6, 6.07) is 8.92. The van der Waals surface area contributed by atoms with E-state index in [4.69, 9.17) is 4.74 Å². The second-order valence-corrected chi connectivity index (χ2v) is 7.58. The van der Waals surface area contributed by atoms with Crippen LogP contribution in [-0.4, -0.2) is 15.5 Å². The minimum Gasteiger partial charge on any atom is -0.380 e. The van der Waals surface area contributed by atoms with Gasteiger partial charge in [-0.1, -0.05) is 18.2 Å². The predicted molar refractivity (Wildman–Crippen MR) is 81.8 cm³/mol. The Labute approximate surface area is 123 Å². The van der Waals surface area contributed by atoms with Crippen LogP contribution in [0.4, 0.5) is 5.69 Å². The van der Waals surface area contributed by atoms with Gasteiger partial charge in [0.1, 0.15) is 4.90 Å². The van der Waals surface area contributed by atoms with Crippen LogP contribution in [0, 0.1) is 13.8 Å². The number of ether oxygens (including phenoxy) is 1. The van der Waals surface area contributed by atoms with Crippen molar-refractivity contribution in [3.05, 3.63) is 45.6 Å². The Morgan fingerprint density at radius 3 is 2.55 bits per heavy atom. The Morgan fingerprint density at radius 2 is 1.95 bits per heavy atom. The molecule has 0 fully saturated rings. The number of para-hydroxylation sites is 1. The fraction of sp³-hybridized carbons (Fsp3) is 0.286. The molecule has 4 nitrogen and oxygen atoms in total. The van der Waals surface area contributed by atoms with Crippen molar-refractivity contribution in [2.24, 2.45) is 0 Å². The molecular formula is C14H17NO3S2. The highest BCUT2D eigenvalue weighted by atomic mass is 32.2.